The van der Waals surface area contributed by atoms with E-state index in [-0.39, 0.29) is 10.8 Å². The Hall–Kier alpha value is -3.69. The number of nitrogens with one attached hydrogen (secondary N) is 2. The van der Waals surface area contributed by atoms with E-state index in [2.05, 4.69) is 5.32 Å². The highest BCUT2D eigenvalue weighted by Crippen LogP contribution is 2.17. The SMILES string of the molecule is O=C(O)CNS(=O)(=O)c1ccc(NC(=O)c2ccc(OCc3ccccc3)cc2)cc1. The van der Waals surface area contributed by atoms with Gasteiger partial charge in [-0.3, -0.25) is 9.59 Å². The number of rotatable bonds is 9. The first-order valence-electron chi connectivity index (χ1n) is 9.23. The summed E-state index contributed by atoms with van der Waals surface area (Å²) >= 11 is 0. The maximum Gasteiger partial charge on any atom is 0.318 e. The Morgan fingerprint density at radius 2 is 1.52 bits per heavy atom. The van der Waals surface area contributed by atoms with E-state index in [4.69, 9.17) is 9.84 Å². The van der Waals surface area contributed by atoms with Crippen LogP contribution < -0.4 is 14.8 Å². The second-order valence-corrected chi connectivity index (χ2v) is 8.26. The number of benzene rings is 3. The molecule has 0 aromatic heterocycles. The normalized spacial score (nSPS) is 11.0. The van der Waals surface area contributed by atoms with Crippen molar-refractivity contribution in [3.8, 4) is 5.75 Å². The third-order valence-corrected chi connectivity index (χ3v) is 5.62. The second-order valence-electron chi connectivity index (χ2n) is 6.50. The molecule has 0 bridgehead atoms. The molecule has 9 heteroatoms. The lowest BCUT2D eigenvalue weighted by molar-refractivity contribution is -0.135. The van der Waals surface area contributed by atoms with Gasteiger partial charge in [-0.05, 0) is 54.1 Å². The zero-order valence-electron chi connectivity index (χ0n) is 16.3. The smallest absolute Gasteiger partial charge is 0.318 e. The molecular weight excluding hydrogens is 420 g/mol. The van der Waals surface area contributed by atoms with Crippen LogP contribution in [-0.4, -0.2) is 31.9 Å². The van der Waals surface area contributed by atoms with Crippen LogP contribution in [0, 0.1) is 0 Å². The predicted octanol–water partition coefficient (Wildman–Crippen LogP) is 2.88. The molecule has 3 aromatic carbocycles. The van der Waals surface area contributed by atoms with Crippen LogP contribution in [0.25, 0.3) is 0 Å². The van der Waals surface area contributed by atoms with Gasteiger partial charge >= 0.3 is 5.97 Å². The van der Waals surface area contributed by atoms with Crippen molar-refractivity contribution in [2.24, 2.45) is 0 Å². The molecule has 3 rings (SSSR count). The molecule has 0 spiro atoms. The van der Waals surface area contributed by atoms with E-state index in [1.54, 1.807) is 24.3 Å². The fourth-order valence-corrected chi connectivity index (χ4v) is 3.58. The Bertz CT molecular complexity index is 1140. The summed E-state index contributed by atoms with van der Waals surface area (Å²) in [4.78, 5) is 22.8. The molecule has 0 radical (unpaired) electrons. The average Bonchev–Trinajstić information content (AvgIpc) is 2.78. The van der Waals surface area contributed by atoms with Crippen molar-refractivity contribution in [2.75, 3.05) is 11.9 Å². The Balaban J connectivity index is 1.57. The lowest BCUT2D eigenvalue weighted by atomic mass is 10.2. The van der Waals surface area contributed by atoms with Crippen molar-refractivity contribution in [2.45, 2.75) is 11.5 Å². The van der Waals surface area contributed by atoms with Crippen LogP contribution in [0.1, 0.15) is 15.9 Å². The standard InChI is InChI=1S/C22H20N2O6S/c25-21(26)14-23-31(28,29)20-12-8-18(9-13-20)24-22(27)17-6-10-19(11-7-17)30-15-16-4-2-1-3-5-16/h1-13,23H,14-15H2,(H,24,27)(H,25,26). The van der Waals surface area contributed by atoms with E-state index >= 15 is 0 Å². The third-order valence-electron chi connectivity index (χ3n) is 4.20. The molecule has 0 fully saturated rings. The quantitative estimate of drug-likeness (QED) is 0.470. The number of sulfonamides is 1. The van der Waals surface area contributed by atoms with Gasteiger partial charge in [0.25, 0.3) is 5.91 Å². The van der Waals surface area contributed by atoms with Gasteiger partial charge < -0.3 is 15.2 Å². The molecule has 0 heterocycles. The molecule has 0 saturated carbocycles. The molecule has 0 saturated heterocycles. The largest absolute Gasteiger partial charge is 0.489 e. The molecule has 31 heavy (non-hydrogen) atoms. The molecule has 3 N–H and O–H groups in total. The predicted molar refractivity (Wildman–Crippen MR) is 114 cm³/mol. The molecule has 8 nitrogen and oxygen atoms in total. The first-order valence-corrected chi connectivity index (χ1v) is 10.7. The average molecular weight is 440 g/mol. The number of hydrogen-bond donors (Lipinski definition) is 3. The van der Waals surface area contributed by atoms with Gasteiger partial charge in [0.2, 0.25) is 10.0 Å². The number of carbonyl (C=O) groups excluding carboxylic acids is 1. The Morgan fingerprint density at radius 3 is 2.13 bits per heavy atom. The molecule has 0 aliphatic rings. The summed E-state index contributed by atoms with van der Waals surface area (Å²) in [7, 11) is -3.94. The van der Waals surface area contributed by atoms with Gasteiger partial charge in [-0.15, -0.1) is 0 Å². The summed E-state index contributed by atoms with van der Waals surface area (Å²) in [5, 5.41) is 11.3. The summed E-state index contributed by atoms with van der Waals surface area (Å²) < 4.78 is 31.6. The topological polar surface area (TPSA) is 122 Å². The lowest BCUT2D eigenvalue weighted by Crippen LogP contribution is -2.29. The number of carbonyl (C=O) groups is 2. The molecule has 160 valence electrons. The maximum atomic E-state index is 12.4. The van der Waals surface area contributed by atoms with Gasteiger partial charge in [0.05, 0.1) is 4.90 Å². The Morgan fingerprint density at radius 1 is 0.871 bits per heavy atom. The van der Waals surface area contributed by atoms with Crippen molar-refractivity contribution < 1.29 is 27.9 Å². The number of ether oxygens (including phenoxy) is 1. The van der Waals surface area contributed by atoms with Crippen LogP contribution in [0.4, 0.5) is 5.69 Å². The lowest BCUT2D eigenvalue weighted by Gasteiger charge is -2.09. The summed E-state index contributed by atoms with van der Waals surface area (Å²) in [6.07, 6.45) is 0. The van der Waals surface area contributed by atoms with Crippen LogP contribution >= 0.6 is 0 Å². The highest BCUT2D eigenvalue weighted by Gasteiger charge is 2.15. The van der Waals surface area contributed by atoms with Gasteiger partial charge in [0, 0.05) is 11.3 Å². The van der Waals surface area contributed by atoms with E-state index < -0.39 is 22.5 Å². The van der Waals surface area contributed by atoms with Crippen LogP contribution in [0.2, 0.25) is 0 Å². The summed E-state index contributed by atoms with van der Waals surface area (Å²) in [5.41, 5.74) is 1.84. The number of anilines is 1. The highest BCUT2D eigenvalue weighted by molar-refractivity contribution is 7.89. The van der Waals surface area contributed by atoms with Crippen LogP contribution in [0.3, 0.4) is 0 Å². The van der Waals surface area contributed by atoms with E-state index in [0.717, 1.165) is 5.56 Å². The zero-order valence-corrected chi connectivity index (χ0v) is 17.1. The van der Waals surface area contributed by atoms with Crippen LogP contribution in [0.5, 0.6) is 5.75 Å². The highest BCUT2D eigenvalue weighted by atomic mass is 32.2. The molecule has 1 amide bonds. The van der Waals surface area contributed by atoms with Gasteiger partial charge in [-0.2, -0.15) is 4.72 Å². The van der Waals surface area contributed by atoms with Crippen molar-refractivity contribution in [1.29, 1.82) is 0 Å². The van der Waals surface area contributed by atoms with Crippen molar-refractivity contribution in [3.63, 3.8) is 0 Å². The molecule has 0 unspecified atom stereocenters. The van der Waals surface area contributed by atoms with E-state index in [1.807, 2.05) is 35.1 Å². The van der Waals surface area contributed by atoms with E-state index in [0.29, 0.717) is 23.6 Å². The minimum Gasteiger partial charge on any atom is -0.489 e. The first-order chi connectivity index (χ1) is 14.8. The third kappa shape index (κ3) is 6.39. The number of aliphatic carboxylic acids is 1. The molecule has 0 atom stereocenters. The summed E-state index contributed by atoms with van der Waals surface area (Å²) in [6, 6.07) is 21.8. The fourth-order valence-electron chi connectivity index (χ4n) is 2.60. The van der Waals surface area contributed by atoms with Gasteiger partial charge in [0.1, 0.15) is 18.9 Å². The number of carboxylic acids is 1. The zero-order chi connectivity index (χ0) is 22.3. The van der Waals surface area contributed by atoms with Crippen molar-refractivity contribution in [3.05, 3.63) is 90.0 Å². The molecule has 0 aliphatic carbocycles. The molecule has 0 aliphatic heterocycles. The monoisotopic (exact) mass is 440 g/mol. The van der Waals surface area contributed by atoms with E-state index in [9.17, 15) is 18.0 Å². The van der Waals surface area contributed by atoms with Gasteiger partial charge in [-0.25, -0.2) is 8.42 Å². The number of amides is 1. The van der Waals surface area contributed by atoms with Gasteiger partial charge in [0.15, 0.2) is 0 Å². The maximum absolute atomic E-state index is 12.4. The van der Waals surface area contributed by atoms with Gasteiger partial charge in [-0.1, -0.05) is 30.3 Å². The molecular formula is C22H20N2O6S. The first kappa shape index (κ1) is 22.0. The Kier molecular flexibility index (Phi) is 7.01. The second kappa shape index (κ2) is 9.88. The number of hydrogen-bond acceptors (Lipinski definition) is 5. The van der Waals surface area contributed by atoms with Crippen molar-refractivity contribution in [1.82, 2.24) is 4.72 Å². The fraction of sp³-hybridized carbons (Fsp3) is 0.0909. The minimum absolute atomic E-state index is 0.105. The minimum atomic E-state index is -3.94. The van der Waals surface area contributed by atoms with Crippen LogP contribution in [0.15, 0.2) is 83.8 Å². The summed E-state index contributed by atoms with van der Waals surface area (Å²) in [5.74, 6) is -1.03. The van der Waals surface area contributed by atoms with Crippen molar-refractivity contribution >= 4 is 27.6 Å². The van der Waals surface area contributed by atoms with Crippen LogP contribution in [-0.2, 0) is 21.4 Å². The Labute approximate surface area is 179 Å². The molecule has 3 aromatic rings. The summed E-state index contributed by atoms with van der Waals surface area (Å²) in [6.45, 7) is -0.297. The van der Waals surface area contributed by atoms with E-state index in [1.165, 1.54) is 24.3 Å². The number of carboxylic acid groups (broad SMARTS) is 1.